The summed E-state index contributed by atoms with van der Waals surface area (Å²) in [7, 11) is 0. The van der Waals surface area contributed by atoms with Gasteiger partial charge in [-0.05, 0) is 42.0 Å². The second-order valence-corrected chi connectivity index (χ2v) is 6.27. The largest absolute Gasteiger partial charge is 0.489 e. The minimum Gasteiger partial charge on any atom is -0.489 e. The molecule has 0 fully saturated rings. The second-order valence-electron chi connectivity index (χ2n) is 6.27. The molecule has 4 nitrogen and oxygen atoms in total. The van der Waals surface area contributed by atoms with E-state index in [9.17, 15) is 18.0 Å². The second kappa shape index (κ2) is 7.71. The number of hydrogen-bond donors (Lipinski definition) is 0. The first-order chi connectivity index (χ1) is 14.0. The Hall–Kier alpha value is -3.74. The van der Waals surface area contributed by atoms with Crippen LogP contribution in [0.4, 0.5) is 13.2 Å². The average molecular weight is 394 g/mol. The highest BCUT2D eigenvalue weighted by Crippen LogP contribution is 2.25. The Morgan fingerprint density at radius 1 is 0.897 bits per heavy atom. The van der Waals surface area contributed by atoms with E-state index in [4.69, 9.17) is 4.74 Å². The Kier molecular flexibility index (Phi) is 4.95. The van der Waals surface area contributed by atoms with Crippen molar-refractivity contribution >= 4 is 16.8 Å². The van der Waals surface area contributed by atoms with Gasteiger partial charge < -0.3 is 4.74 Å². The van der Waals surface area contributed by atoms with Gasteiger partial charge in [0.2, 0.25) is 0 Å². The van der Waals surface area contributed by atoms with Crippen LogP contribution < -0.4 is 4.74 Å². The van der Waals surface area contributed by atoms with E-state index in [2.05, 4.69) is 9.97 Å². The molecule has 7 heteroatoms. The summed E-state index contributed by atoms with van der Waals surface area (Å²) in [5.41, 5.74) is 1.21. The van der Waals surface area contributed by atoms with Crippen molar-refractivity contribution in [3.8, 4) is 5.75 Å². The van der Waals surface area contributed by atoms with Gasteiger partial charge in [0.25, 0.3) is 0 Å². The Labute approximate surface area is 163 Å². The molecule has 0 aliphatic heterocycles. The topological polar surface area (TPSA) is 52.1 Å². The molecule has 0 saturated carbocycles. The molecule has 4 aromatic rings. The van der Waals surface area contributed by atoms with Gasteiger partial charge in [-0.2, -0.15) is 0 Å². The van der Waals surface area contributed by atoms with Crippen LogP contribution >= 0.6 is 0 Å². The molecule has 0 N–H and O–H groups in total. The van der Waals surface area contributed by atoms with Crippen LogP contribution in [0.5, 0.6) is 5.75 Å². The van der Waals surface area contributed by atoms with E-state index in [1.54, 1.807) is 12.1 Å². The molecular weight excluding hydrogens is 381 g/mol. The molecule has 29 heavy (non-hydrogen) atoms. The zero-order valence-corrected chi connectivity index (χ0v) is 14.9. The van der Waals surface area contributed by atoms with Gasteiger partial charge in [-0.25, -0.2) is 13.2 Å². The van der Waals surface area contributed by atoms with E-state index in [0.717, 1.165) is 12.1 Å². The normalized spacial score (nSPS) is 10.9. The molecule has 0 bridgehead atoms. The van der Waals surface area contributed by atoms with Crippen LogP contribution in [-0.2, 0) is 6.61 Å². The number of ketones is 1. The van der Waals surface area contributed by atoms with Gasteiger partial charge in [0, 0.05) is 24.0 Å². The minimum absolute atomic E-state index is 0.0444. The summed E-state index contributed by atoms with van der Waals surface area (Å²) in [4.78, 5) is 21.0. The van der Waals surface area contributed by atoms with Crippen LogP contribution in [-0.4, -0.2) is 15.8 Å². The molecule has 1 heterocycles. The molecule has 0 saturated heterocycles. The summed E-state index contributed by atoms with van der Waals surface area (Å²) in [6.45, 7) is -0.0674. The van der Waals surface area contributed by atoms with Crippen LogP contribution in [0.15, 0.2) is 67.0 Å². The lowest BCUT2D eigenvalue weighted by Crippen LogP contribution is -2.08. The number of hydrogen-bond acceptors (Lipinski definition) is 4. The molecule has 0 aliphatic carbocycles. The molecular formula is C22H13F3N2O2. The zero-order valence-electron chi connectivity index (χ0n) is 14.9. The molecule has 0 atom stereocenters. The molecule has 0 spiro atoms. The smallest absolute Gasteiger partial charge is 0.196 e. The third kappa shape index (κ3) is 3.94. The first-order valence-corrected chi connectivity index (χ1v) is 8.63. The van der Waals surface area contributed by atoms with Crippen molar-refractivity contribution in [1.82, 2.24) is 9.97 Å². The van der Waals surface area contributed by atoms with Crippen LogP contribution in [0.1, 0.15) is 21.5 Å². The van der Waals surface area contributed by atoms with Crippen LogP contribution in [0.3, 0.4) is 0 Å². The predicted molar refractivity (Wildman–Crippen MR) is 100 cm³/mol. The number of carbonyl (C=O) groups excluding carboxylic acids is 1. The Morgan fingerprint density at radius 3 is 2.48 bits per heavy atom. The predicted octanol–water partition coefficient (Wildman–Crippen LogP) is 4.86. The fraction of sp³-hybridized carbons (Fsp3) is 0.0455. The van der Waals surface area contributed by atoms with Gasteiger partial charge in [0.05, 0.1) is 16.6 Å². The van der Waals surface area contributed by atoms with Gasteiger partial charge in [0.15, 0.2) is 17.4 Å². The highest BCUT2D eigenvalue weighted by Gasteiger charge is 2.20. The Balaban J connectivity index is 1.64. The van der Waals surface area contributed by atoms with Crippen LogP contribution in [0.2, 0.25) is 0 Å². The van der Waals surface area contributed by atoms with Gasteiger partial charge in [0.1, 0.15) is 18.2 Å². The summed E-state index contributed by atoms with van der Waals surface area (Å²) in [6, 6.07) is 12.2. The van der Waals surface area contributed by atoms with E-state index < -0.39 is 28.8 Å². The van der Waals surface area contributed by atoms with E-state index >= 15 is 0 Å². The van der Waals surface area contributed by atoms with Crippen molar-refractivity contribution in [2.45, 2.75) is 6.61 Å². The molecule has 0 amide bonds. The number of halogens is 3. The van der Waals surface area contributed by atoms with Crippen molar-refractivity contribution in [3.05, 3.63) is 101 Å². The van der Waals surface area contributed by atoms with Crippen molar-refractivity contribution in [3.63, 3.8) is 0 Å². The van der Waals surface area contributed by atoms with E-state index in [-0.39, 0.29) is 17.9 Å². The summed E-state index contributed by atoms with van der Waals surface area (Å²) >= 11 is 0. The molecule has 0 unspecified atom stereocenters. The monoisotopic (exact) mass is 394 g/mol. The summed E-state index contributed by atoms with van der Waals surface area (Å²) in [6.07, 6.45) is 2.98. The summed E-state index contributed by atoms with van der Waals surface area (Å²) < 4.78 is 47.1. The van der Waals surface area contributed by atoms with E-state index in [1.165, 1.54) is 42.7 Å². The van der Waals surface area contributed by atoms with Crippen molar-refractivity contribution in [2.24, 2.45) is 0 Å². The number of benzene rings is 3. The lowest BCUT2D eigenvalue weighted by molar-refractivity contribution is 0.103. The quantitative estimate of drug-likeness (QED) is 0.454. The van der Waals surface area contributed by atoms with Gasteiger partial charge >= 0.3 is 0 Å². The SMILES string of the molecule is O=C(c1ccc2nccnc2c1)c1cc(OCc2cccc(F)c2)cc(F)c1F. The lowest BCUT2D eigenvalue weighted by Gasteiger charge is -2.10. The number of fused-ring (bicyclic) bond motifs is 1. The number of aromatic nitrogens is 2. The molecule has 1 aromatic heterocycles. The lowest BCUT2D eigenvalue weighted by atomic mass is 10.0. The first-order valence-electron chi connectivity index (χ1n) is 8.63. The highest BCUT2D eigenvalue weighted by molar-refractivity contribution is 6.10. The zero-order chi connectivity index (χ0) is 20.4. The molecule has 144 valence electrons. The van der Waals surface area contributed by atoms with Gasteiger partial charge in [-0.15, -0.1) is 0 Å². The van der Waals surface area contributed by atoms with E-state index in [1.807, 2.05) is 0 Å². The maximum atomic E-state index is 14.3. The fourth-order valence-corrected chi connectivity index (χ4v) is 2.87. The van der Waals surface area contributed by atoms with Crippen molar-refractivity contribution < 1.29 is 22.7 Å². The summed E-state index contributed by atoms with van der Waals surface area (Å²) in [5.74, 6) is -3.69. The van der Waals surface area contributed by atoms with Gasteiger partial charge in [-0.3, -0.25) is 14.8 Å². The Bertz CT molecular complexity index is 1230. The van der Waals surface area contributed by atoms with Crippen molar-refractivity contribution in [1.29, 1.82) is 0 Å². The number of carbonyl (C=O) groups is 1. The third-order valence-electron chi connectivity index (χ3n) is 4.27. The van der Waals surface area contributed by atoms with Gasteiger partial charge in [-0.1, -0.05) is 12.1 Å². The standard InChI is InChI=1S/C22H13F3N2O2/c23-15-3-1-2-13(8-15)12-29-16-10-17(21(25)18(24)11-16)22(28)14-4-5-19-20(9-14)27-7-6-26-19/h1-11H,12H2. The fourth-order valence-electron chi connectivity index (χ4n) is 2.87. The van der Waals surface area contributed by atoms with E-state index in [0.29, 0.717) is 16.6 Å². The third-order valence-corrected chi connectivity index (χ3v) is 4.27. The molecule has 0 radical (unpaired) electrons. The number of rotatable bonds is 5. The maximum Gasteiger partial charge on any atom is 0.196 e. The maximum absolute atomic E-state index is 14.3. The van der Waals surface area contributed by atoms with Crippen molar-refractivity contribution in [2.75, 3.05) is 0 Å². The molecule has 3 aromatic carbocycles. The highest BCUT2D eigenvalue weighted by atomic mass is 19.2. The number of ether oxygens (including phenoxy) is 1. The summed E-state index contributed by atoms with van der Waals surface area (Å²) in [5, 5.41) is 0. The average Bonchev–Trinajstić information content (AvgIpc) is 2.73. The Morgan fingerprint density at radius 2 is 1.69 bits per heavy atom. The molecule has 4 rings (SSSR count). The van der Waals surface area contributed by atoms with Crippen LogP contribution in [0, 0.1) is 17.5 Å². The minimum atomic E-state index is -1.27. The van der Waals surface area contributed by atoms with Crippen LogP contribution in [0.25, 0.3) is 11.0 Å². The first kappa shape index (κ1) is 18.6. The molecule has 0 aliphatic rings. The number of nitrogens with zero attached hydrogens (tertiary/aromatic N) is 2.